The highest BCUT2D eigenvalue weighted by Gasteiger charge is 2.10. The molecule has 16 heavy (non-hydrogen) atoms. The molecule has 98 valence electrons. The summed E-state index contributed by atoms with van der Waals surface area (Å²) in [5.41, 5.74) is 0.158. The SMILES string of the molecule is CC(C)COCCOC(C)CNC(C)(C)C. The van der Waals surface area contributed by atoms with Crippen LogP contribution < -0.4 is 5.32 Å². The molecule has 0 bridgehead atoms. The van der Waals surface area contributed by atoms with Gasteiger partial charge in [0.15, 0.2) is 0 Å². The van der Waals surface area contributed by atoms with E-state index in [0.29, 0.717) is 19.1 Å². The van der Waals surface area contributed by atoms with E-state index in [-0.39, 0.29) is 11.6 Å². The van der Waals surface area contributed by atoms with Gasteiger partial charge in [0.1, 0.15) is 0 Å². The summed E-state index contributed by atoms with van der Waals surface area (Å²) in [6, 6.07) is 0. The molecule has 0 amide bonds. The lowest BCUT2D eigenvalue weighted by molar-refractivity contribution is 0.00491. The Kier molecular flexibility index (Phi) is 7.98. The third-order valence-corrected chi connectivity index (χ3v) is 2.00. The number of hydrogen-bond donors (Lipinski definition) is 1. The van der Waals surface area contributed by atoms with Crippen LogP contribution in [0.1, 0.15) is 41.5 Å². The average Bonchev–Trinajstić information content (AvgIpc) is 2.12. The van der Waals surface area contributed by atoms with E-state index in [1.165, 1.54) is 0 Å². The molecule has 1 unspecified atom stereocenters. The fourth-order valence-corrected chi connectivity index (χ4v) is 1.14. The zero-order valence-corrected chi connectivity index (χ0v) is 11.8. The number of rotatable bonds is 8. The highest BCUT2D eigenvalue weighted by molar-refractivity contribution is 4.71. The Morgan fingerprint density at radius 3 is 2.19 bits per heavy atom. The summed E-state index contributed by atoms with van der Waals surface area (Å²) in [6.07, 6.45) is 0.238. The van der Waals surface area contributed by atoms with Gasteiger partial charge in [-0.15, -0.1) is 0 Å². The monoisotopic (exact) mass is 231 g/mol. The molecule has 0 aliphatic heterocycles. The molecule has 0 spiro atoms. The van der Waals surface area contributed by atoms with Crippen LogP contribution >= 0.6 is 0 Å². The van der Waals surface area contributed by atoms with Crippen molar-refractivity contribution in [1.29, 1.82) is 0 Å². The standard InChI is InChI=1S/C13H29NO2/c1-11(2)10-15-7-8-16-12(3)9-14-13(4,5)6/h11-12,14H,7-10H2,1-6H3. The van der Waals surface area contributed by atoms with Gasteiger partial charge in [0.25, 0.3) is 0 Å². The van der Waals surface area contributed by atoms with E-state index in [1.807, 2.05) is 0 Å². The molecule has 1 N–H and O–H groups in total. The first-order chi connectivity index (χ1) is 7.31. The van der Waals surface area contributed by atoms with Crippen molar-refractivity contribution in [2.24, 2.45) is 5.92 Å². The largest absolute Gasteiger partial charge is 0.379 e. The van der Waals surface area contributed by atoms with Gasteiger partial charge in [0.2, 0.25) is 0 Å². The zero-order valence-electron chi connectivity index (χ0n) is 11.8. The van der Waals surface area contributed by atoms with Crippen molar-refractivity contribution in [3.63, 3.8) is 0 Å². The minimum Gasteiger partial charge on any atom is -0.379 e. The van der Waals surface area contributed by atoms with E-state index in [1.54, 1.807) is 0 Å². The molecule has 3 nitrogen and oxygen atoms in total. The maximum absolute atomic E-state index is 5.63. The predicted molar refractivity (Wildman–Crippen MR) is 68.8 cm³/mol. The quantitative estimate of drug-likeness (QED) is 0.651. The molecule has 0 rings (SSSR count). The summed E-state index contributed by atoms with van der Waals surface area (Å²) in [4.78, 5) is 0. The van der Waals surface area contributed by atoms with Crippen molar-refractivity contribution in [3.05, 3.63) is 0 Å². The van der Waals surface area contributed by atoms with Gasteiger partial charge in [-0.1, -0.05) is 13.8 Å². The molecule has 0 fully saturated rings. The molecular weight excluding hydrogens is 202 g/mol. The second-order valence-corrected chi connectivity index (χ2v) is 5.78. The first kappa shape index (κ1) is 15.9. The van der Waals surface area contributed by atoms with E-state index in [0.717, 1.165) is 13.2 Å². The first-order valence-electron chi connectivity index (χ1n) is 6.25. The van der Waals surface area contributed by atoms with Crippen molar-refractivity contribution in [2.45, 2.75) is 53.2 Å². The molecule has 0 aromatic carbocycles. The van der Waals surface area contributed by atoms with Crippen molar-refractivity contribution in [3.8, 4) is 0 Å². The fraction of sp³-hybridized carbons (Fsp3) is 1.00. The van der Waals surface area contributed by atoms with E-state index < -0.39 is 0 Å². The summed E-state index contributed by atoms with van der Waals surface area (Å²) < 4.78 is 11.1. The predicted octanol–water partition coefficient (Wildman–Crippen LogP) is 2.45. The van der Waals surface area contributed by atoms with Crippen molar-refractivity contribution >= 4 is 0 Å². The molecule has 0 aliphatic carbocycles. The Hall–Kier alpha value is -0.120. The third-order valence-electron chi connectivity index (χ3n) is 2.00. The van der Waals surface area contributed by atoms with Crippen molar-refractivity contribution in [2.75, 3.05) is 26.4 Å². The van der Waals surface area contributed by atoms with Crippen LogP contribution in [0.5, 0.6) is 0 Å². The van der Waals surface area contributed by atoms with Crippen LogP contribution in [0.3, 0.4) is 0 Å². The van der Waals surface area contributed by atoms with Gasteiger partial charge in [0.05, 0.1) is 19.3 Å². The van der Waals surface area contributed by atoms with Gasteiger partial charge in [0, 0.05) is 18.7 Å². The third kappa shape index (κ3) is 12.0. The summed E-state index contributed by atoms with van der Waals surface area (Å²) in [6.45, 7) is 15.9. The summed E-state index contributed by atoms with van der Waals surface area (Å²) in [5, 5.41) is 3.41. The molecule has 0 radical (unpaired) electrons. The molecule has 0 saturated heterocycles. The number of hydrogen-bond acceptors (Lipinski definition) is 3. The van der Waals surface area contributed by atoms with Gasteiger partial charge in [-0.3, -0.25) is 0 Å². The fourth-order valence-electron chi connectivity index (χ4n) is 1.14. The van der Waals surface area contributed by atoms with Crippen LogP contribution in [0.4, 0.5) is 0 Å². The topological polar surface area (TPSA) is 30.5 Å². The van der Waals surface area contributed by atoms with E-state index in [9.17, 15) is 0 Å². The van der Waals surface area contributed by atoms with Crippen molar-refractivity contribution in [1.82, 2.24) is 5.32 Å². The second-order valence-electron chi connectivity index (χ2n) is 5.78. The molecule has 1 atom stereocenters. The molecule has 0 aromatic heterocycles. The van der Waals surface area contributed by atoms with Gasteiger partial charge in [-0.05, 0) is 33.6 Å². The molecule has 0 aromatic rings. The summed E-state index contributed by atoms with van der Waals surface area (Å²) >= 11 is 0. The lowest BCUT2D eigenvalue weighted by atomic mass is 10.1. The molecule has 0 saturated carbocycles. The number of nitrogens with one attached hydrogen (secondary N) is 1. The van der Waals surface area contributed by atoms with Crippen molar-refractivity contribution < 1.29 is 9.47 Å². The maximum Gasteiger partial charge on any atom is 0.0704 e. The van der Waals surface area contributed by atoms with Crippen LogP contribution in [-0.4, -0.2) is 38.0 Å². The highest BCUT2D eigenvalue weighted by atomic mass is 16.5. The summed E-state index contributed by atoms with van der Waals surface area (Å²) in [5.74, 6) is 0.597. The zero-order chi connectivity index (χ0) is 12.6. The molecule has 0 heterocycles. The minimum atomic E-state index is 0.158. The Balaban J connectivity index is 3.34. The van der Waals surface area contributed by atoms with E-state index in [2.05, 4.69) is 46.9 Å². The van der Waals surface area contributed by atoms with Gasteiger partial charge in [-0.25, -0.2) is 0 Å². The Morgan fingerprint density at radius 2 is 1.69 bits per heavy atom. The Morgan fingerprint density at radius 1 is 1.06 bits per heavy atom. The Labute approximate surface area is 101 Å². The summed E-state index contributed by atoms with van der Waals surface area (Å²) in [7, 11) is 0. The van der Waals surface area contributed by atoms with Crippen LogP contribution in [0, 0.1) is 5.92 Å². The van der Waals surface area contributed by atoms with Crippen LogP contribution in [-0.2, 0) is 9.47 Å². The molecular formula is C13H29NO2. The molecule has 3 heteroatoms. The van der Waals surface area contributed by atoms with Gasteiger partial charge in [-0.2, -0.15) is 0 Å². The smallest absolute Gasteiger partial charge is 0.0704 e. The van der Waals surface area contributed by atoms with E-state index in [4.69, 9.17) is 9.47 Å². The van der Waals surface area contributed by atoms with Crippen LogP contribution in [0.2, 0.25) is 0 Å². The van der Waals surface area contributed by atoms with Gasteiger partial charge < -0.3 is 14.8 Å². The molecule has 0 aliphatic rings. The maximum atomic E-state index is 5.63. The lowest BCUT2D eigenvalue weighted by Crippen LogP contribution is -2.41. The minimum absolute atomic E-state index is 0.158. The number of ether oxygens (including phenoxy) is 2. The average molecular weight is 231 g/mol. The van der Waals surface area contributed by atoms with Crippen LogP contribution in [0.25, 0.3) is 0 Å². The van der Waals surface area contributed by atoms with Gasteiger partial charge >= 0.3 is 0 Å². The van der Waals surface area contributed by atoms with Crippen LogP contribution in [0.15, 0.2) is 0 Å². The highest BCUT2D eigenvalue weighted by Crippen LogP contribution is 2.00. The normalized spacial score (nSPS) is 14.4. The Bertz CT molecular complexity index is 164. The second kappa shape index (κ2) is 8.04. The first-order valence-corrected chi connectivity index (χ1v) is 6.25. The van der Waals surface area contributed by atoms with E-state index >= 15 is 0 Å². The lowest BCUT2D eigenvalue weighted by Gasteiger charge is -2.23.